The lowest BCUT2D eigenvalue weighted by Gasteiger charge is -2.18. The summed E-state index contributed by atoms with van der Waals surface area (Å²) in [5.74, 6) is -0.833. The van der Waals surface area contributed by atoms with Crippen LogP contribution in [0, 0.1) is 5.92 Å². The molecule has 1 saturated heterocycles. The molecule has 0 unspecified atom stereocenters. The van der Waals surface area contributed by atoms with Crippen LogP contribution in [-0.2, 0) is 4.79 Å². The lowest BCUT2D eigenvalue weighted by Crippen LogP contribution is -2.29. The van der Waals surface area contributed by atoms with E-state index in [2.05, 4.69) is 6.92 Å². The highest BCUT2D eigenvalue weighted by Gasteiger charge is 2.40. The second-order valence-electron chi connectivity index (χ2n) is 7.24. The van der Waals surface area contributed by atoms with Gasteiger partial charge in [-0.3, -0.25) is 9.59 Å². The van der Waals surface area contributed by atoms with Crippen LogP contribution in [-0.4, -0.2) is 48.7 Å². The van der Waals surface area contributed by atoms with Crippen LogP contribution in [0.25, 0.3) is 0 Å². The SMILES string of the molecule is CCCCOc1ccc(C(=O)N2C[C@H](C(=O)O)[C@H](c3ccccc3)C2)cc1OC. The van der Waals surface area contributed by atoms with Gasteiger partial charge in [-0.15, -0.1) is 0 Å². The van der Waals surface area contributed by atoms with Crippen LogP contribution >= 0.6 is 0 Å². The van der Waals surface area contributed by atoms with Gasteiger partial charge in [0, 0.05) is 24.6 Å². The quantitative estimate of drug-likeness (QED) is 0.686. The Balaban J connectivity index is 1.78. The maximum atomic E-state index is 13.1. The molecule has 1 amide bonds. The molecule has 0 spiro atoms. The molecule has 6 nitrogen and oxygen atoms in total. The average Bonchev–Trinajstić information content (AvgIpc) is 3.20. The number of carbonyl (C=O) groups excluding carboxylic acids is 1. The number of aliphatic carboxylic acids is 1. The maximum absolute atomic E-state index is 13.1. The summed E-state index contributed by atoms with van der Waals surface area (Å²) in [6.45, 7) is 3.23. The molecule has 1 fully saturated rings. The number of unbranched alkanes of at least 4 members (excludes halogenated alkanes) is 1. The van der Waals surface area contributed by atoms with Crippen molar-refractivity contribution < 1.29 is 24.2 Å². The largest absolute Gasteiger partial charge is 0.493 e. The fourth-order valence-electron chi connectivity index (χ4n) is 3.69. The Bertz CT molecular complexity index is 852. The summed E-state index contributed by atoms with van der Waals surface area (Å²) in [7, 11) is 1.54. The second kappa shape index (κ2) is 9.45. The molecule has 1 heterocycles. The Kier molecular flexibility index (Phi) is 6.75. The highest BCUT2D eigenvalue weighted by Crippen LogP contribution is 2.35. The zero-order chi connectivity index (χ0) is 20.8. The summed E-state index contributed by atoms with van der Waals surface area (Å²) in [5, 5.41) is 9.66. The summed E-state index contributed by atoms with van der Waals surface area (Å²) in [5.41, 5.74) is 1.40. The van der Waals surface area contributed by atoms with Crippen LogP contribution in [0.2, 0.25) is 0 Å². The number of rotatable bonds is 8. The van der Waals surface area contributed by atoms with E-state index < -0.39 is 11.9 Å². The van der Waals surface area contributed by atoms with Crippen LogP contribution < -0.4 is 9.47 Å². The number of benzene rings is 2. The number of carbonyl (C=O) groups is 2. The molecular formula is C23H27NO5. The van der Waals surface area contributed by atoms with E-state index in [1.165, 1.54) is 7.11 Å². The number of hydrogen-bond acceptors (Lipinski definition) is 4. The van der Waals surface area contributed by atoms with Gasteiger partial charge >= 0.3 is 5.97 Å². The zero-order valence-corrected chi connectivity index (χ0v) is 16.8. The van der Waals surface area contributed by atoms with E-state index in [9.17, 15) is 14.7 Å². The molecule has 29 heavy (non-hydrogen) atoms. The first kappa shape index (κ1) is 20.7. The predicted molar refractivity (Wildman–Crippen MR) is 110 cm³/mol. The Hall–Kier alpha value is -3.02. The van der Waals surface area contributed by atoms with Crippen molar-refractivity contribution in [2.24, 2.45) is 5.92 Å². The Labute approximate surface area is 171 Å². The minimum Gasteiger partial charge on any atom is -0.493 e. The Morgan fingerprint density at radius 2 is 1.86 bits per heavy atom. The molecule has 2 aromatic carbocycles. The lowest BCUT2D eigenvalue weighted by molar-refractivity contribution is -0.141. The molecule has 0 saturated carbocycles. The average molecular weight is 397 g/mol. The van der Waals surface area contributed by atoms with Crippen molar-refractivity contribution >= 4 is 11.9 Å². The summed E-state index contributed by atoms with van der Waals surface area (Å²) >= 11 is 0. The minimum absolute atomic E-state index is 0.185. The summed E-state index contributed by atoms with van der Waals surface area (Å²) in [6.07, 6.45) is 1.97. The van der Waals surface area contributed by atoms with Crippen LogP contribution in [0.5, 0.6) is 11.5 Å². The van der Waals surface area contributed by atoms with E-state index in [1.807, 2.05) is 30.3 Å². The van der Waals surface area contributed by atoms with Gasteiger partial charge in [-0.25, -0.2) is 0 Å². The van der Waals surface area contributed by atoms with Crippen molar-refractivity contribution in [3.8, 4) is 11.5 Å². The molecule has 0 bridgehead atoms. The smallest absolute Gasteiger partial charge is 0.308 e. The van der Waals surface area contributed by atoms with Crippen molar-refractivity contribution in [3.63, 3.8) is 0 Å². The number of ether oxygens (including phenoxy) is 2. The highest BCUT2D eigenvalue weighted by molar-refractivity contribution is 5.95. The minimum atomic E-state index is -0.883. The van der Waals surface area contributed by atoms with Crippen molar-refractivity contribution in [3.05, 3.63) is 59.7 Å². The first-order valence-electron chi connectivity index (χ1n) is 9.93. The molecule has 3 rings (SSSR count). The van der Waals surface area contributed by atoms with Crippen LogP contribution in [0.3, 0.4) is 0 Å². The van der Waals surface area contributed by atoms with Crippen LogP contribution in [0.4, 0.5) is 0 Å². The van der Waals surface area contributed by atoms with Gasteiger partial charge in [0.05, 0.1) is 19.6 Å². The van der Waals surface area contributed by atoms with E-state index in [4.69, 9.17) is 9.47 Å². The maximum Gasteiger partial charge on any atom is 0.308 e. The van der Waals surface area contributed by atoms with E-state index in [0.29, 0.717) is 30.2 Å². The number of likely N-dealkylation sites (tertiary alicyclic amines) is 1. The molecule has 0 aliphatic carbocycles. The molecule has 1 N–H and O–H groups in total. The van der Waals surface area contributed by atoms with E-state index in [0.717, 1.165) is 18.4 Å². The number of nitrogens with zero attached hydrogens (tertiary/aromatic N) is 1. The monoisotopic (exact) mass is 397 g/mol. The molecule has 0 radical (unpaired) electrons. The standard InChI is InChI=1S/C23H27NO5/c1-3-4-12-29-20-11-10-17(13-21(20)28-2)22(25)24-14-18(19(15-24)23(26)27)16-8-6-5-7-9-16/h5-11,13,18-19H,3-4,12,14-15H2,1-2H3,(H,26,27)/t18-,19-/m0/s1. The molecular weight excluding hydrogens is 370 g/mol. The van der Waals surface area contributed by atoms with Gasteiger partial charge in [0.1, 0.15) is 0 Å². The van der Waals surface area contributed by atoms with E-state index >= 15 is 0 Å². The zero-order valence-electron chi connectivity index (χ0n) is 16.8. The number of hydrogen-bond donors (Lipinski definition) is 1. The topological polar surface area (TPSA) is 76.1 Å². The fraction of sp³-hybridized carbons (Fsp3) is 0.391. The fourth-order valence-corrected chi connectivity index (χ4v) is 3.69. The molecule has 0 aromatic heterocycles. The van der Waals surface area contributed by atoms with Gasteiger partial charge in [-0.2, -0.15) is 0 Å². The third-order valence-electron chi connectivity index (χ3n) is 5.32. The van der Waals surface area contributed by atoms with Gasteiger partial charge in [-0.1, -0.05) is 43.7 Å². The van der Waals surface area contributed by atoms with Crippen LogP contribution in [0.1, 0.15) is 41.6 Å². The molecule has 2 atom stereocenters. The summed E-state index contributed by atoms with van der Waals surface area (Å²) in [4.78, 5) is 26.5. The van der Waals surface area contributed by atoms with Crippen molar-refractivity contribution in [1.29, 1.82) is 0 Å². The predicted octanol–water partition coefficient (Wildman–Crippen LogP) is 3.81. The van der Waals surface area contributed by atoms with Gasteiger partial charge in [0.25, 0.3) is 5.91 Å². The van der Waals surface area contributed by atoms with Crippen molar-refractivity contribution in [2.75, 3.05) is 26.8 Å². The van der Waals surface area contributed by atoms with Gasteiger partial charge in [-0.05, 0) is 30.2 Å². The molecule has 2 aromatic rings. The molecule has 154 valence electrons. The summed E-state index contributed by atoms with van der Waals surface area (Å²) < 4.78 is 11.1. The van der Waals surface area contributed by atoms with Crippen LogP contribution in [0.15, 0.2) is 48.5 Å². The van der Waals surface area contributed by atoms with Gasteiger partial charge in [0.15, 0.2) is 11.5 Å². The third kappa shape index (κ3) is 4.70. The highest BCUT2D eigenvalue weighted by atomic mass is 16.5. The number of carboxylic acids is 1. The first-order chi connectivity index (χ1) is 14.0. The van der Waals surface area contributed by atoms with E-state index in [1.54, 1.807) is 23.1 Å². The first-order valence-corrected chi connectivity index (χ1v) is 9.93. The molecule has 1 aliphatic rings. The lowest BCUT2D eigenvalue weighted by atomic mass is 9.89. The van der Waals surface area contributed by atoms with Gasteiger partial charge < -0.3 is 19.5 Å². The normalized spacial score (nSPS) is 18.5. The number of amides is 1. The number of methoxy groups -OCH3 is 1. The Morgan fingerprint density at radius 3 is 2.52 bits per heavy atom. The second-order valence-corrected chi connectivity index (χ2v) is 7.24. The third-order valence-corrected chi connectivity index (χ3v) is 5.32. The molecule has 6 heteroatoms. The van der Waals surface area contributed by atoms with E-state index in [-0.39, 0.29) is 18.4 Å². The van der Waals surface area contributed by atoms with Gasteiger partial charge in [0.2, 0.25) is 0 Å². The molecule has 1 aliphatic heterocycles. The number of carboxylic acid groups (broad SMARTS) is 1. The Morgan fingerprint density at radius 1 is 1.10 bits per heavy atom. The van der Waals surface area contributed by atoms with Crippen molar-refractivity contribution in [1.82, 2.24) is 4.90 Å². The van der Waals surface area contributed by atoms with Crippen molar-refractivity contribution in [2.45, 2.75) is 25.7 Å². The summed E-state index contributed by atoms with van der Waals surface area (Å²) in [6, 6.07) is 14.6.